The SMILES string of the molecule is Cc1nn2c(nnc3c(=O)n([C@@H](CS)C(=O)O)ccc32)c1-c1ccccc1. The summed E-state index contributed by atoms with van der Waals surface area (Å²) in [6.07, 6.45) is 1.43. The van der Waals surface area contributed by atoms with E-state index in [0.717, 1.165) is 21.4 Å². The maximum atomic E-state index is 12.8. The number of benzene rings is 1. The molecule has 9 heteroatoms. The highest BCUT2D eigenvalue weighted by Gasteiger charge is 2.22. The van der Waals surface area contributed by atoms with Crippen LogP contribution in [-0.2, 0) is 4.79 Å². The fourth-order valence-electron chi connectivity index (χ4n) is 3.14. The van der Waals surface area contributed by atoms with Crippen LogP contribution in [0.3, 0.4) is 0 Å². The van der Waals surface area contributed by atoms with E-state index in [2.05, 4.69) is 27.9 Å². The van der Waals surface area contributed by atoms with Gasteiger partial charge in [0, 0.05) is 11.9 Å². The van der Waals surface area contributed by atoms with Crippen LogP contribution in [0.1, 0.15) is 11.7 Å². The third-order valence-corrected chi connectivity index (χ3v) is 4.78. The van der Waals surface area contributed by atoms with Gasteiger partial charge in [0.2, 0.25) is 0 Å². The smallest absolute Gasteiger partial charge is 0.327 e. The van der Waals surface area contributed by atoms with E-state index >= 15 is 0 Å². The lowest BCUT2D eigenvalue weighted by Crippen LogP contribution is -2.31. The summed E-state index contributed by atoms with van der Waals surface area (Å²) in [5.41, 5.74) is 3.06. The number of carboxylic acids is 1. The first-order valence-electron chi connectivity index (χ1n) is 8.19. The molecule has 27 heavy (non-hydrogen) atoms. The molecule has 1 atom stereocenters. The van der Waals surface area contributed by atoms with Crippen molar-refractivity contribution in [1.29, 1.82) is 0 Å². The summed E-state index contributed by atoms with van der Waals surface area (Å²) in [6.45, 7) is 1.87. The van der Waals surface area contributed by atoms with Crippen molar-refractivity contribution in [1.82, 2.24) is 24.4 Å². The largest absolute Gasteiger partial charge is 0.480 e. The highest BCUT2D eigenvalue weighted by Crippen LogP contribution is 2.27. The highest BCUT2D eigenvalue weighted by molar-refractivity contribution is 7.80. The van der Waals surface area contributed by atoms with E-state index in [1.54, 1.807) is 10.6 Å². The summed E-state index contributed by atoms with van der Waals surface area (Å²) >= 11 is 4.03. The van der Waals surface area contributed by atoms with Crippen molar-refractivity contribution in [3.8, 4) is 11.1 Å². The molecule has 0 radical (unpaired) electrons. The van der Waals surface area contributed by atoms with Crippen molar-refractivity contribution in [3.63, 3.8) is 0 Å². The fraction of sp³-hybridized carbons (Fsp3) is 0.167. The summed E-state index contributed by atoms with van der Waals surface area (Å²) in [6, 6.07) is 10.2. The van der Waals surface area contributed by atoms with Gasteiger partial charge in [-0.05, 0) is 18.6 Å². The Bertz CT molecular complexity index is 1230. The van der Waals surface area contributed by atoms with Crippen LogP contribution in [0.15, 0.2) is 47.4 Å². The number of hydrogen-bond acceptors (Lipinski definition) is 6. The molecule has 3 aromatic heterocycles. The van der Waals surface area contributed by atoms with Crippen molar-refractivity contribution in [2.75, 3.05) is 5.75 Å². The molecule has 1 aromatic carbocycles. The van der Waals surface area contributed by atoms with Gasteiger partial charge < -0.3 is 5.11 Å². The molecule has 4 rings (SSSR count). The van der Waals surface area contributed by atoms with E-state index < -0.39 is 17.6 Å². The zero-order valence-corrected chi connectivity index (χ0v) is 15.2. The molecule has 8 nitrogen and oxygen atoms in total. The number of thiol groups is 1. The van der Waals surface area contributed by atoms with E-state index in [0.29, 0.717) is 11.2 Å². The van der Waals surface area contributed by atoms with Crippen molar-refractivity contribution < 1.29 is 9.90 Å². The maximum absolute atomic E-state index is 12.8. The second kappa shape index (κ2) is 6.51. The second-order valence-corrected chi connectivity index (χ2v) is 6.43. The monoisotopic (exact) mass is 381 g/mol. The Balaban J connectivity index is 2.00. The van der Waals surface area contributed by atoms with Gasteiger partial charge in [-0.15, -0.1) is 10.2 Å². The highest BCUT2D eigenvalue weighted by atomic mass is 32.1. The van der Waals surface area contributed by atoms with Gasteiger partial charge in [0.25, 0.3) is 5.56 Å². The van der Waals surface area contributed by atoms with Gasteiger partial charge in [0.15, 0.2) is 11.2 Å². The molecule has 136 valence electrons. The Hall–Kier alpha value is -3.20. The quantitative estimate of drug-likeness (QED) is 0.524. The van der Waals surface area contributed by atoms with Crippen molar-refractivity contribution >= 4 is 35.3 Å². The number of carbonyl (C=O) groups is 1. The number of hydrogen-bond donors (Lipinski definition) is 2. The topological polar surface area (TPSA) is 102 Å². The van der Waals surface area contributed by atoms with E-state index in [-0.39, 0.29) is 11.3 Å². The molecule has 4 aromatic rings. The second-order valence-electron chi connectivity index (χ2n) is 6.06. The molecule has 0 saturated heterocycles. The number of nitrogens with zero attached hydrogens (tertiary/aromatic N) is 5. The summed E-state index contributed by atoms with van der Waals surface area (Å²) in [4.78, 5) is 24.1. The van der Waals surface area contributed by atoms with Gasteiger partial charge in [-0.3, -0.25) is 9.36 Å². The molecule has 0 spiro atoms. The third kappa shape index (κ3) is 2.67. The zero-order chi connectivity index (χ0) is 19.1. The van der Waals surface area contributed by atoms with Gasteiger partial charge in [0.1, 0.15) is 11.6 Å². The molecule has 0 aliphatic heterocycles. The molecule has 0 bridgehead atoms. The predicted molar refractivity (Wildman–Crippen MR) is 103 cm³/mol. The Morgan fingerprint density at radius 2 is 1.96 bits per heavy atom. The molecule has 1 N–H and O–H groups in total. The summed E-state index contributed by atoms with van der Waals surface area (Å²) in [5.74, 6) is -1.16. The van der Waals surface area contributed by atoms with Crippen LogP contribution in [0.5, 0.6) is 0 Å². The van der Waals surface area contributed by atoms with Crippen LogP contribution in [0.25, 0.3) is 27.8 Å². The van der Waals surface area contributed by atoms with Crippen LogP contribution in [0.2, 0.25) is 0 Å². The Labute approximate surface area is 158 Å². The number of rotatable bonds is 4. The number of aryl methyl sites for hydroxylation is 1. The number of pyridine rings is 1. The first-order valence-corrected chi connectivity index (χ1v) is 8.82. The van der Waals surface area contributed by atoms with E-state index in [9.17, 15) is 14.7 Å². The number of aliphatic carboxylic acids is 1. The molecule has 0 fully saturated rings. The molecular weight excluding hydrogens is 366 g/mol. The summed E-state index contributed by atoms with van der Waals surface area (Å²) in [5, 5.41) is 22.1. The lowest BCUT2D eigenvalue weighted by atomic mass is 10.1. The standard InChI is InChI=1S/C18H15N5O3S/c1-10-14(11-5-3-2-4-6-11)16-20-19-15-12(23(16)21-10)7-8-22(17(15)24)13(9-27)18(25)26/h2-8,13,27H,9H2,1H3,(H,25,26)/t13-/m0/s1. The number of aromatic nitrogens is 5. The normalized spacial score (nSPS) is 12.5. The number of fused-ring (bicyclic) bond motifs is 3. The average molecular weight is 381 g/mol. The predicted octanol–water partition coefficient (Wildman–Crippen LogP) is 1.97. The average Bonchev–Trinajstić information content (AvgIpc) is 3.00. The first kappa shape index (κ1) is 17.2. The molecule has 0 amide bonds. The van der Waals surface area contributed by atoms with Gasteiger partial charge in [-0.1, -0.05) is 30.3 Å². The van der Waals surface area contributed by atoms with Crippen LogP contribution < -0.4 is 5.56 Å². The molecular formula is C18H15N5O3S. The zero-order valence-electron chi connectivity index (χ0n) is 14.3. The van der Waals surface area contributed by atoms with E-state index in [1.807, 2.05) is 37.3 Å². The maximum Gasteiger partial charge on any atom is 0.327 e. The minimum atomic E-state index is -1.14. The molecule has 3 heterocycles. The fourth-order valence-corrected chi connectivity index (χ4v) is 3.47. The van der Waals surface area contributed by atoms with Crippen LogP contribution >= 0.6 is 12.6 Å². The Morgan fingerprint density at radius 3 is 2.63 bits per heavy atom. The lowest BCUT2D eigenvalue weighted by molar-refractivity contribution is -0.140. The minimum absolute atomic E-state index is 0.0184. The van der Waals surface area contributed by atoms with Crippen LogP contribution in [-0.4, -0.2) is 41.2 Å². The third-order valence-electron chi connectivity index (χ3n) is 4.44. The number of carboxylic acid groups (broad SMARTS) is 1. The lowest BCUT2D eigenvalue weighted by Gasteiger charge is -2.13. The summed E-state index contributed by atoms with van der Waals surface area (Å²) < 4.78 is 2.68. The van der Waals surface area contributed by atoms with Gasteiger partial charge in [0.05, 0.1) is 11.3 Å². The van der Waals surface area contributed by atoms with Crippen molar-refractivity contribution in [3.05, 3.63) is 58.6 Å². The van der Waals surface area contributed by atoms with Crippen LogP contribution in [0, 0.1) is 6.92 Å². The van der Waals surface area contributed by atoms with E-state index in [4.69, 9.17) is 0 Å². The van der Waals surface area contributed by atoms with Gasteiger partial charge in [-0.2, -0.15) is 17.7 Å². The van der Waals surface area contributed by atoms with Gasteiger partial charge >= 0.3 is 5.97 Å². The van der Waals surface area contributed by atoms with E-state index in [1.165, 1.54) is 6.20 Å². The molecule has 0 aliphatic rings. The molecule has 0 saturated carbocycles. The molecule has 0 unspecified atom stereocenters. The van der Waals surface area contributed by atoms with Crippen molar-refractivity contribution in [2.24, 2.45) is 0 Å². The Kier molecular flexibility index (Phi) is 4.15. The summed E-state index contributed by atoms with van der Waals surface area (Å²) in [7, 11) is 0. The Morgan fingerprint density at radius 1 is 1.22 bits per heavy atom. The van der Waals surface area contributed by atoms with Crippen molar-refractivity contribution in [2.45, 2.75) is 13.0 Å². The first-order chi connectivity index (χ1) is 13.0. The minimum Gasteiger partial charge on any atom is -0.480 e. The van der Waals surface area contributed by atoms with Crippen LogP contribution in [0.4, 0.5) is 0 Å². The van der Waals surface area contributed by atoms with Gasteiger partial charge in [-0.25, -0.2) is 9.31 Å². The molecule has 0 aliphatic carbocycles.